The third-order valence-electron chi connectivity index (χ3n) is 4.03. The van der Waals surface area contributed by atoms with Crippen molar-refractivity contribution in [3.63, 3.8) is 0 Å². The van der Waals surface area contributed by atoms with Crippen molar-refractivity contribution in [3.05, 3.63) is 35.9 Å². The van der Waals surface area contributed by atoms with Gasteiger partial charge in [-0.3, -0.25) is 4.90 Å². The average Bonchev–Trinajstić information content (AvgIpc) is 2.52. The minimum Gasteiger partial charge on any atom is -0.444 e. The quantitative estimate of drug-likeness (QED) is 0.813. The van der Waals surface area contributed by atoms with E-state index in [1.165, 1.54) is 5.56 Å². The molecule has 1 aliphatic rings. The van der Waals surface area contributed by atoms with Crippen molar-refractivity contribution in [1.29, 1.82) is 0 Å². The Morgan fingerprint density at radius 2 is 1.71 bits per heavy atom. The molecule has 134 valence electrons. The summed E-state index contributed by atoms with van der Waals surface area (Å²) in [5, 5.41) is 2.82. The van der Waals surface area contributed by atoms with Crippen LogP contribution in [0.3, 0.4) is 0 Å². The van der Waals surface area contributed by atoms with Gasteiger partial charge in [0.15, 0.2) is 0 Å². The number of rotatable bonds is 6. The summed E-state index contributed by atoms with van der Waals surface area (Å²) in [4.78, 5) is 16.5. The number of alkyl carbamates (subject to hydrolysis) is 1. The standard InChI is InChI=1S/C19H31N3O2/c1-19(2,3)24-18(23)20-10-7-11-21-12-14-22(15-13-21)16-17-8-5-4-6-9-17/h4-6,8-9H,7,10-16H2,1-3H3,(H,20,23). The molecule has 1 aromatic carbocycles. The Balaban J connectivity index is 1.56. The van der Waals surface area contributed by atoms with Gasteiger partial charge in [0.05, 0.1) is 0 Å². The Kier molecular flexibility index (Phi) is 7.06. The van der Waals surface area contributed by atoms with Crippen molar-refractivity contribution in [1.82, 2.24) is 15.1 Å². The van der Waals surface area contributed by atoms with Gasteiger partial charge < -0.3 is 15.0 Å². The molecule has 5 nitrogen and oxygen atoms in total. The molecule has 1 amide bonds. The Bertz CT molecular complexity index is 491. The van der Waals surface area contributed by atoms with Crippen LogP contribution in [0.4, 0.5) is 4.79 Å². The number of nitrogens with one attached hydrogen (secondary N) is 1. The highest BCUT2D eigenvalue weighted by molar-refractivity contribution is 5.67. The van der Waals surface area contributed by atoms with Crippen LogP contribution in [0.25, 0.3) is 0 Å². The number of hydrogen-bond acceptors (Lipinski definition) is 4. The van der Waals surface area contributed by atoms with E-state index in [9.17, 15) is 4.79 Å². The number of nitrogens with zero attached hydrogens (tertiary/aromatic N) is 2. The monoisotopic (exact) mass is 333 g/mol. The number of carbonyl (C=O) groups excluding carboxylic acids is 1. The van der Waals surface area contributed by atoms with Crippen LogP contribution in [-0.4, -0.2) is 60.8 Å². The van der Waals surface area contributed by atoms with E-state index in [1.54, 1.807) is 0 Å². The van der Waals surface area contributed by atoms with Crippen molar-refractivity contribution in [3.8, 4) is 0 Å². The molecule has 0 bridgehead atoms. The van der Waals surface area contributed by atoms with E-state index in [0.717, 1.165) is 45.7 Å². The van der Waals surface area contributed by atoms with Gasteiger partial charge in [-0.1, -0.05) is 30.3 Å². The third kappa shape index (κ3) is 7.32. The van der Waals surface area contributed by atoms with E-state index < -0.39 is 5.60 Å². The molecule has 5 heteroatoms. The summed E-state index contributed by atoms with van der Waals surface area (Å²) in [6.45, 7) is 12.8. The first kappa shape index (κ1) is 18.7. The molecule has 0 unspecified atom stereocenters. The lowest BCUT2D eigenvalue weighted by molar-refractivity contribution is 0.0524. The maximum atomic E-state index is 11.6. The smallest absolute Gasteiger partial charge is 0.407 e. The molecule has 0 aromatic heterocycles. The van der Waals surface area contributed by atoms with E-state index in [0.29, 0.717) is 6.54 Å². The first-order valence-corrected chi connectivity index (χ1v) is 8.88. The number of hydrogen-bond donors (Lipinski definition) is 1. The second-order valence-electron chi connectivity index (χ2n) is 7.39. The zero-order valence-corrected chi connectivity index (χ0v) is 15.3. The van der Waals surface area contributed by atoms with Gasteiger partial charge in [-0.25, -0.2) is 4.79 Å². The van der Waals surface area contributed by atoms with Gasteiger partial charge >= 0.3 is 6.09 Å². The van der Waals surface area contributed by atoms with Crippen LogP contribution < -0.4 is 5.32 Å². The highest BCUT2D eigenvalue weighted by atomic mass is 16.6. The second kappa shape index (κ2) is 9.04. The minimum atomic E-state index is -0.431. The lowest BCUT2D eigenvalue weighted by atomic mass is 10.2. The molecule has 1 N–H and O–H groups in total. The van der Waals surface area contributed by atoms with Gasteiger partial charge in [0.1, 0.15) is 5.60 Å². The summed E-state index contributed by atoms with van der Waals surface area (Å²) < 4.78 is 5.23. The predicted octanol–water partition coefficient (Wildman–Crippen LogP) is 2.72. The molecule has 24 heavy (non-hydrogen) atoms. The number of benzene rings is 1. The molecule has 0 atom stereocenters. The van der Waals surface area contributed by atoms with Crippen LogP contribution in [-0.2, 0) is 11.3 Å². The average molecular weight is 333 g/mol. The van der Waals surface area contributed by atoms with E-state index >= 15 is 0 Å². The Labute approximate surface area is 146 Å². The zero-order chi connectivity index (χ0) is 17.4. The Morgan fingerprint density at radius 3 is 2.33 bits per heavy atom. The van der Waals surface area contributed by atoms with Crippen molar-refractivity contribution in [2.75, 3.05) is 39.3 Å². The number of carbonyl (C=O) groups is 1. The number of piperazine rings is 1. The van der Waals surface area contributed by atoms with Crippen LogP contribution in [0, 0.1) is 0 Å². The summed E-state index contributed by atoms with van der Waals surface area (Å²) in [7, 11) is 0. The number of amides is 1. The van der Waals surface area contributed by atoms with E-state index in [4.69, 9.17) is 4.74 Å². The summed E-state index contributed by atoms with van der Waals surface area (Å²) in [6, 6.07) is 10.6. The highest BCUT2D eigenvalue weighted by Gasteiger charge is 2.17. The maximum Gasteiger partial charge on any atom is 0.407 e. The van der Waals surface area contributed by atoms with Crippen LogP contribution in [0.1, 0.15) is 32.8 Å². The van der Waals surface area contributed by atoms with Gasteiger partial charge in [0.2, 0.25) is 0 Å². The van der Waals surface area contributed by atoms with Crippen LogP contribution >= 0.6 is 0 Å². The van der Waals surface area contributed by atoms with Crippen LogP contribution in [0.15, 0.2) is 30.3 Å². The summed E-state index contributed by atoms with van der Waals surface area (Å²) >= 11 is 0. The van der Waals surface area contributed by atoms with Gasteiger partial charge in [0.25, 0.3) is 0 Å². The molecule has 1 aliphatic heterocycles. The molecule has 0 aliphatic carbocycles. The zero-order valence-electron chi connectivity index (χ0n) is 15.3. The fraction of sp³-hybridized carbons (Fsp3) is 0.632. The van der Waals surface area contributed by atoms with E-state index in [2.05, 4.69) is 45.4 Å². The molecule has 0 saturated carbocycles. The highest BCUT2D eigenvalue weighted by Crippen LogP contribution is 2.09. The summed E-state index contributed by atoms with van der Waals surface area (Å²) in [5.74, 6) is 0. The molecular formula is C19H31N3O2. The van der Waals surface area contributed by atoms with Gasteiger partial charge in [0, 0.05) is 39.3 Å². The van der Waals surface area contributed by atoms with E-state index in [1.807, 2.05) is 20.8 Å². The maximum absolute atomic E-state index is 11.6. The lowest BCUT2D eigenvalue weighted by Crippen LogP contribution is -2.46. The molecular weight excluding hydrogens is 302 g/mol. The molecule has 1 fully saturated rings. The van der Waals surface area contributed by atoms with Gasteiger partial charge in [-0.15, -0.1) is 0 Å². The van der Waals surface area contributed by atoms with Crippen molar-refractivity contribution >= 4 is 6.09 Å². The van der Waals surface area contributed by atoms with Gasteiger partial charge in [-0.05, 0) is 39.3 Å². The fourth-order valence-corrected chi connectivity index (χ4v) is 2.82. The number of ether oxygens (including phenoxy) is 1. The molecule has 1 saturated heterocycles. The molecule has 2 rings (SSSR count). The Hall–Kier alpha value is -1.59. The first-order chi connectivity index (χ1) is 11.4. The largest absolute Gasteiger partial charge is 0.444 e. The van der Waals surface area contributed by atoms with Crippen molar-refractivity contribution < 1.29 is 9.53 Å². The summed E-state index contributed by atoms with van der Waals surface area (Å²) in [5.41, 5.74) is 0.951. The first-order valence-electron chi connectivity index (χ1n) is 8.88. The minimum absolute atomic E-state index is 0.324. The van der Waals surface area contributed by atoms with Crippen LogP contribution in [0.5, 0.6) is 0 Å². The lowest BCUT2D eigenvalue weighted by Gasteiger charge is -2.34. The van der Waals surface area contributed by atoms with Crippen molar-refractivity contribution in [2.45, 2.75) is 39.3 Å². The van der Waals surface area contributed by atoms with Crippen molar-refractivity contribution in [2.24, 2.45) is 0 Å². The predicted molar refractivity (Wildman–Crippen MR) is 97.0 cm³/mol. The second-order valence-corrected chi connectivity index (χ2v) is 7.39. The third-order valence-corrected chi connectivity index (χ3v) is 4.03. The molecule has 0 spiro atoms. The molecule has 0 radical (unpaired) electrons. The fourth-order valence-electron chi connectivity index (χ4n) is 2.82. The topological polar surface area (TPSA) is 44.8 Å². The normalized spacial score (nSPS) is 16.8. The van der Waals surface area contributed by atoms with E-state index in [-0.39, 0.29) is 6.09 Å². The molecule has 1 heterocycles. The van der Waals surface area contributed by atoms with Crippen LogP contribution in [0.2, 0.25) is 0 Å². The molecule has 1 aromatic rings. The summed E-state index contributed by atoms with van der Waals surface area (Å²) in [6.07, 6.45) is 0.632. The SMILES string of the molecule is CC(C)(C)OC(=O)NCCCN1CCN(Cc2ccccc2)CC1. The van der Waals surface area contributed by atoms with Gasteiger partial charge in [-0.2, -0.15) is 0 Å². The Morgan fingerprint density at radius 1 is 1.08 bits per heavy atom.